The lowest BCUT2D eigenvalue weighted by Gasteiger charge is -2.33. The summed E-state index contributed by atoms with van der Waals surface area (Å²) < 4.78 is 13.1. The second kappa shape index (κ2) is 4.76. The fourth-order valence-electron chi connectivity index (χ4n) is 2.24. The molecule has 1 aromatic heterocycles. The Hall–Kier alpha value is -2.14. The summed E-state index contributed by atoms with van der Waals surface area (Å²) >= 11 is 0. The quantitative estimate of drug-likeness (QED) is 0.805. The molecule has 0 saturated heterocycles. The number of carbonyl (C=O) groups excluding carboxylic acids is 1. The Labute approximate surface area is 117 Å². The first-order valence-corrected chi connectivity index (χ1v) is 6.49. The Bertz CT molecular complexity index is 633. The average Bonchev–Trinajstić information content (AvgIpc) is 2.89. The van der Waals surface area contributed by atoms with Gasteiger partial charge in [-0.1, -0.05) is 12.1 Å². The topological polar surface area (TPSA) is 53.4 Å². The van der Waals surface area contributed by atoms with E-state index >= 15 is 0 Å². The van der Waals surface area contributed by atoms with Crippen LogP contribution in [0.1, 0.15) is 29.8 Å². The Morgan fingerprint density at radius 3 is 3.05 bits per heavy atom. The van der Waals surface area contributed by atoms with Crippen molar-refractivity contribution in [3.8, 4) is 5.75 Å². The van der Waals surface area contributed by atoms with Gasteiger partial charge in [0.2, 0.25) is 5.79 Å². The molecule has 0 saturated carbocycles. The van der Waals surface area contributed by atoms with E-state index in [1.807, 2.05) is 32.0 Å². The first-order valence-electron chi connectivity index (χ1n) is 6.49. The highest BCUT2D eigenvalue weighted by atomic mass is 16.7. The molecule has 2 heterocycles. The highest BCUT2D eigenvalue weighted by Crippen LogP contribution is 2.33. The number of aromatic nitrogens is 2. The van der Waals surface area contributed by atoms with E-state index in [4.69, 9.17) is 9.47 Å². The summed E-state index contributed by atoms with van der Waals surface area (Å²) in [7, 11) is 0. The van der Waals surface area contributed by atoms with E-state index in [9.17, 15) is 4.79 Å². The van der Waals surface area contributed by atoms with Gasteiger partial charge in [0.1, 0.15) is 5.75 Å². The standard InChI is InChI=1S/C15H16N2O3/c1-15(2)19-9-12-11(4-3-5-14(12)20-15)13(18)8-17-7-6-16-10-17/h3-7,10H,8-9H2,1-2H3. The second-order valence-corrected chi connectivity index (χ2v) is 5.23. The van der Waals surface area contributed by atoms with Crippen molar-refractivity contribution in [2.24, 2.45) is 0 Å². The predicted octanol–water partition coefficient (Wildman–Crippen LogP) is 2.41. The van der Waals surface area contributed by atoms with Crippen molar-refractivity contribution >= 4 is 5.78 Å². The number of ketones is 1. The van der Waals surface area contributed by atoms with Crippen LogP contribution in [0.15, 0.2) is 36.9 Å². The van der Waals surface area contributed by atoms with E-state index in [2.05, 4.69) is 4.98 Å². The summed E-state index contributed by atoms with van der Waals surface area (Å²) in [5, 5.41) is 0. The van der Waals surface area contributed by atoms with Crippen LogP contribution < -0.4 is 4.74 Å². The Balaban J connectivity index is 1.89. The lowest BCUT2D eigenvalue weighted by molar-refractivity contribution is -0.180. The van der Waals surface area contributed by atoms with Gasteiger partial charge in [0.05, 0.1) is 19.5 Å². The van der Waals surface area contributed by atoms with Crippen molar-refractivity contribution < 1.29 is 14.3 Å². The van der Waals surface area contributed by atoms with Crippen molar-refractivity contribution in [1.29, 1.82) is 0 Å². The molecule has 3 rings (SSSR count). The fraction of sp³-hybridized carbons (Fsp3) is 0.333. The van der Waals surface area contributed by atoms with Crippen molar-refractivity contribution in [2.75, 3.05) is 0 Å². The molecule has 0 bridgehead atoms. The third-order valence-electron chi connectivity index (χ3n) is 3.24. The lowest BCUT2D eigenvalue weighted by atomic mass is 10.0. The molecule has 0 spiro atoms. The van der Waals surface area contributed by atoms with Gasteiger partial charge in [-0.25, -0.2) is 4.98 Å². The highest BCUT2D eigenvalue weighted by molar-refractivity contribution is 5.98. The fourth-order valence-corrected chi connectivity index (χ4v) is 2.24. The molecule has 1 aliphatic heterocycles. The highest BCUT2D eigenvalue weighted by Gasteiger charge is 2.29. The molecule has 0 fully saturated rings. The van der Waals surface area contributed by atoms with Crippen molar-refractivity contribution in [3.63, 3.8) is 0 Å². The van der Waals surface area contributed by atoms with Crippen LogP contribution in [-0.2, 0) is 17.9 Å². The van der Waals surface area contributed by atoms with Gasteiger partial charge in [-0.05, 0) is 6.07 Å². The van der Waals surface area contributed by atoms with Gasteiger partial charge in [0.15, 0.2) is 5.78 Å². The van der Waals surface area contributed by atoms with Crippen LogP contribution >= 0.6 is 0 Å². The monoisotopic (exact) mass is 272 g/mol. The van der Waals surface area contributed by atoms with Gasteiger partial charge < -0.3 is 14.0 Å². The van der Waals surface area contributed by atoms with Gasteiger partial charge in [-0.2, -0.15) is 0 Å². The number of nitrogens with zero attached hydrogens (tertiary/aromatic N) is 2. The van der Waals surface area contributed by atoms with Crippen molar-refractivity contribution in [1.82, 2.24) is 9.55 Å². The van der Waals surface area contributed by atoms with Crippen LogP contribution in [0.5, 0.6) is 5.75 Å². The minimum atomic E-state index is -0.654. The minimum Gasteiger partial charge on any atom is -0.463 e. The number of rotatable bonds is 3. The molecule has 5 heteroatoms. The van der Waals surface area contributed by atoms with Gasteiger partial charge in [0.25, 0.3) is 0 Å². The lowest BCUT2D eigenvalue weighted by Crippen LogP contribution is -2.36. The third kappa shape index (κ3) is 2.44. The van der Waals surface area contributed by atoms with Crippen molar-refractivity contribution in [2.45, 2.75) is 32.8 Å². The first-order chi connectivity index (χ1) is 9.55. The molecule has 1 aromatic carbocycles. The largest absolute Gasteiger partial charge is 0.463 e. The van der Waals surface area contributed by atoms with Gasteiger partial charge in [0, 0.05) is 37.4 Å². The molecule has 1 aliphatic rings. The third-order valence-corrected chi connectivity index (χ3v) is 3.24. The first kappa shape index (κ1) is 12.9. The molecular formula is C15H16N2O3. The van der Waals surface area contributed by atoms with E-state index in [0.29, 0.717) is 12.2 Å². The normalized spacial score (nSPS) is 16.3. The van der Waals surface area contributed by atoms with E-state index in [0.717, 1.165) is 11.3 Å². The number of Topliss-reactive ketones (excluding diaryl/α,β-unsaturated/α-hetero) is 1. The van der Waals surface area contributed by atoms with Crippen LogP contribution in [0.3, 0.4) is 0 Å². The molecular weight excluding hydrogens is 256 g/mol. The molecule has 0 unspecified atom stereocenters. The van der Waals surface area contributed by atoms with Crippen LogP contribution in [-0.4, -0.2) is 21.1 Å². The summed E-state index contributed by atoms with van der Waals surface area (Å²) in [4.78, 5) is 16.3. The summed E-state index contributed by atoms with van der Waals surface area (Å²) in [5.41, 5.74) is 1.46. The van der Waals surface area contributed by atoms with E-state index < -0.39 is 5.79 Å². The molecule has 0 amide bonds. The van der Waals surface area contributed by atoms with Crippen LogP contribution in [0, 0.1) is 0 Å². The number of ether oxygens (including phenoxy) is 2. The summed E-state index contributed by atoms with van der Waals surface area (Å²) in [6.45, 7) is 4.36. The van der Waals surface area contributed by atoms with Crippen LogP contribution in [0.4, 0.5) is 0 Å². The number of carbonyl (C=O) groups is 1. The zero-order chi connectivity index (χ0) is 14.2. The average molecular weight is 272 g/mol. The van der Waals surface area contributed by atoms with Crippen LogP contribution in [0.25, 0.3) is 0 Å². The van der Waals surface area contributed by atoms with Gasteiger partial charge in [-0.3, -0.25) is 4.79 Å². The molecule has 20 heavy (non-hydrogen) atoms. The number of hydrogen-bond acceptors (Lipinski definition) is 4. The Morgan fingerprint density at radius 2 is 2.30 bits per heavy atom. The number of fused-ring (bicyclic) bond motifs is 1. The SMILES string of the molecule is CC1(C)OCc2c(cccc2C(=O)Cn2ccnc2)O1. The number of benzene rings is 1. The molecule has 0 aliphatic carbocycles. The van der Waals surface area contributed by atoms with Crippen molar-refractivity contribution in [3.05, 3.63) is 48.0 Å². The molecule has 104 valence electrons. The van der Waals surface area contributed by atoms with E-state index in [-0.39, 0.29) is 12.3 Å². The predicted molar refractivity (Wildman–Crippen MR) is 72.5 cm³/mol. The molecule has 0 atom stereocenters. The maximum Gasteiger partial charge on any atom is 0.205 e. The maximum atomic E-state index is 12.4. The second-order valence-electron chi connectivity index (χ2n) is 5.23. The van der Waals surface area contributed by atoms with Gasteiger partial charge >= 0.3 is 0 Å². The maximum absolute atomic E-state index is 12.4. The Kier molecular flexibility index (Phi) is 3.06. The van der Waals surface area contributed by atoms with Crippen LogP contribution in [0.2, 0.25) is 0 Å². The Morgan fingerprint density at radius 1 is 1.45 bits per heavy atom. The molecule has 2 aromatic rings. The summed E-state index contributed by atoms with van der Waals surface area (Å²) in [6.07, 6.45) is 5.05. The van der Waals surface area contributed by atoms with E-state index in [1.54, 1.807) is 23.3 Å². The zero-order valence-corrected chi connectivity index (χ0v) is 11.5. The summed E-state index contributed by atoms with van der Waals surface area (Å²) in [6, 6.07) is 5.51. The minimum absolute atomic E-state index is 0.0201. The van der Waals surface area contributed by atoms with E-state index in [1.165, 1.54) is 0 Å². The molecule has 0 N–H and O–H groups in total. The van der Waals surface area contributed by atoms with Gasteiger partial charge in [-0.15, -0.1) is 0 Å². The number of imidazole rings is 1. The number of hydrogen-bond donors (Lipinski definition) is 0. The molecule has 5 nitrogen and oxygen atoms in total. The summed E-state index contributed by atoms with van der Waals surface area (Å²) in [5.74, 6) is 0.0865. The zero-order valence-electron chi connectivity index (χ0n) is 11.5. The smallest absolute Gasteiger partial charge is 0.205 e. The molecule has 0 radical (unpaired) electrons.